The van der Waals surface area contributed by atoms with Gasteiger partial charge >= 0.3 is 6.01 Å². The minimum absolute atomic E-state index is 0.148. The molecular formula is C17H14N4O3. The van der Waals surface area contributed by atoms with Crippen molar-refractivity contribution in [2.45, 2.75) is 6.61 Å². The molecule has 1 amide bonds. The quantitative estimate of drug-likeness (QED) is 0.748. The van der Waals surface area contributed by atoms with Crippen LogP contribution in [0.5, 0.6) is 11.8 Å². The number of aliphatic hydroxyl groups excluding tert-OH is 1. The van der Waals surface area contributed by atoms with E-state index >= 15 is 0 Å². The molecule has 2 N–H and O–H groups in total. The zero-order valence-corrected chi connectivity index (χ0v) is 12.6. The number of rotatable bonds is 5. The molecule has 0 aliphatic carbocycles. The second kappa shape index (κ2) is 7.30. The molecule has 0 saturated heterocycles. The van der Waals surface area contributed by atoms with Crippen molar-refractivity contribution in [2.75, 3.05) is 5.32 Å². The number of aliphatic hydroxyl groups is 1. The highest BCUT2D eigenvalue weighted by molar-refractivity contribution is 6.03. The molecule has 2 aromatic heterocycles. The van der Waals surface area contributed by atoms with Crippen LogP contribution < -0.4 is 10.1 Å². The van der Waals surface area contributed by atoms with Gasteiger partial charge in [0.1, 0.15) is 5.75 Å². The topological polar surface area (TPSA) is 97.2 Å². The number of amides is 1. The molecule has 1 aromatic carbocycles. The highest BCUT2D eigenvalue weighted by Crippen LogP contribution is 2.16. The molecule has 120 valence electrons. The van der Waals surface area contributed by atoms with Crippen molar-refractivity contribution in [3.63, 3.8) is 0 Å². The second-order valence-electron chi connectivity index (χ2n) is 4.82. The molecular weight excluding hydrogens is 308 g/mol. The molecule has 0 fully saturated rings. The summed E-state index contributed by atoms with van der Waals surface area (Å²) in [6, 6.07) is 12.6. The zero-order valence-electron chi connectivity index (χ0n) is 12.6. The molecule has 0 unspecified atom stereocenters. The highest BCUT2D eigenvalue weighted by Gasteiger charge is 2.09. The molecule has 0 spiro atoms. The maximum Gasteiger partial charge on any atom is 0.321 e. The molecule has 0 aliphatic rings. The summed E-state index contributed by atoms with van der Waals surface area (Å²) < 4.78 is 5.47. The van der Waals surface area contributed by atoms with Crippen LogP contribution in [0.3, 0.4) is 0 Å². The smallest absolute Gasteiger partial charge is 0.321 e. The highest BCUT2D eigenvalue weighted by atomic mass is 16.5. The van der Waals surface area contributed by atoms with E-state index < -0.39 is 0 Å². The predicted molar refractivity (Wildman–Crippen MR) is 86.7 cm³/mol. The van der Waals surface area contributed by atoms with E-state index in [1.165, 1.54) is 18.6 Å². The van der Waals surface area contributed by atoms with Gasteiger partial charge in [-0.15, -0.1) is 0 Å². The summed E-state index contributed by atoms with van der Waals surface area (Å²) in [5.74, 6) is 0.254. The van der Waals surface area contributed by atoms with Crippen molar-refractivity contribution in [1.82, 2.24) is 15.0 Å². The number of carbonyl (C=O) groups is 1. The van der Waals surface area contributed by atoms with Crippen LogP contribution >= 0.6 is 0 Å². The molecule has 0 bridgehead atoms. The van der Waals surface area contributed by atoms with Gasteiger partial charge in [0.2, 0.25) is 0 Å². The summed E-state index contributed by atoms with van der Waals surface area (Å²) in [4.78, 5) is 24.2. The first-order chi connectivity index (χ1) is 11.7. The monoisotopic (exact) mass is 322 g/mol. The number of para-hydroxylation sites is 1. The fourth-order valence-electron chi connectivity index (χ4n) is 1.88. The fourth-order valence-corrected chi connectivity index (χ4v) is 1.88. The van der Waals surface area contributed by atoms with E-state index in [-0.39, 0.29) is 18.5 Å². The average Bonchev–Trinajstić information content (AvgIpc) is 2.64. The van der Waals surface area contributed by atoms with E-state index in [9.17, 15) is 4.79 Å². The molecule has 0 radical (unpaired) electrons. The molecule has 3 rings (SSSR count). The Morgan fingerprint density at radius 2 is 1.75 bits per heavy atom. The predicted octanol–water partition coefficient (Wildman–Crippen LogP) is 2.41. The Morgan fingerprint density at radius 1 is 1.00 bits per heavy atom. The van der Waals surface area contributed by atoms with E-state index in [2.05, 4.69) is 20.3 Å². The zero-order chi connectivity index (χ0) is 16.8. The van der Waals surface area contributed by atoms with Gasteiger partial charge in [0.15, 0.2) is 0 Å². The standard InChI is InChI=1S/C17H14N4O3/c22-11-14-7-6-13(10-18-14)21-16(23)12-8-19-17(20-9-12)24-15-4-2-1-3-5-15/h1-10,22H,11H2,(H,21,23). The van der Waals surface area contributed by atoms with E-state index in [0.29, 0.717) is 22.7 Å². The SMILES string of the molecule is O=C(Nc1ccc(CO)nc1)c1cnc(Oc2ccccc2)nc1. The molecule has 0 saturated carbocycles. The van der Waals surface area contributed by atoms with Gasteiger partial charge in [0.05, 0.1) is 29.7 Å². The van der Waals surface area contributed by atoms with E-state index in [1.807, 2.05) is 18.2 Å². The maximum absolute atomic E-state index is 12.1. The number of anilines is 1. The van der Waals surface area contributed by atoms with Crippen molar-refractivity contribution in [2.24, 2.45) is 0 Å². The lowest BCUT2D eigenvalue weighted by Gasteiger charge is -2.06. The van der Waals surface area contributed by atoms with Crippen LogP contribution in [0, 0.1) is 0 Å². The number of hydrogen-bond donors (Lipinski definition) is 2. The second-order valence-corrected chi connectivity index (χ2v) is 4.82. The number of hydrogen-bond acceptors (Lipinski definition) is 6. The van der Waals surface area contributed by atoms with Gasteiger partial charge in [-0.05, 0) is 24.3 Å². The molecule has 3 aromatic rings. The number of carbonyl (C=O) groups excluding carboxylic acids is 1. The number of aromatic nitrogens is 3. The van der Waals surface area contributed by atoms with Crippen LogP contribution in [0.1, 0.15) is 16.1 Å². The van der Waals surface area contributed by atoms with Crippen LogP contribution in [0.15, 0.2) is 61.1 Å². The minimum Gasteiger partial charge on any atom is -0.424 e. The first-order valence-corrected chi connectivity index (χ1v) is 7.16. The van der Waals surface area contributed by atoms with Gasteiger partial charge < -0.3 is 15.2 Å². The summed E-state index contributed by atoms with van der Waals surface area (Å²) >= 11 is 0. The fraction of sp³-hybridized carbons (Fsp3) is 0.0588. The molecule has 2 heterocycles. The van der Waals surface area contributed by atoms with E-state index in [0.717, 1.165) is 0 Å². The van der Waals surface area contributed by atoms with Crippen LogP contribution in [-0.4, -0.2) is 26.0 Å². The Kier molecular flexibility index (Phi) is 4.73. The molecule has 0 atom stereocenters. The Morgan fingerprint density at radius 3 is 2.38 bits per heavy atom. The normalized spacial score (nSPS) is 10.2. The molecule has 7 heteroatoms. The van der Waals surface area contributed by atoms with Gasteiger partial charge in [0, 0.05) is 12.4 Å². The third kappa shape index (κ3) is 3.90. The van der Waals surface area contributed by atoms with E-state index in [4.69, 9.17) is 9.84 Å². The largest absolute Gasteiger partial charge is 0.424 e. The van der Waals surface area contributed by atoms with Gasteiger partial charge in [-0.2, -0.15) is 0 Å². The lowest BCUT2D eigenvalue weighted by molar-refractivity contribution is 0.102. The van der Waals surface area contributed by atoms with Crippen molar-refractivity contribution < 1.29 is 14.6 Å². The van der Waals surface area contributed by atoms with Crippen LogP contribution in [0.2, 0.25) is 0 Å². The number of nitrogens with one attached hydrogen (secondary N) is 1. The molecule has 0 aliphatic heterocycles. The molecule has 7 nitrogen and oxygen atoms in total. The van der Waals surface area contributed by atoms with Crippen LogP contribution in [-0.2, 0) is 6.61 Å². The Bertz CT molecular complexity index is 806. The van der Waals surface area contributed by atoms with Crippen molar-refractivity contribution in [1.29, 1.82) is 0 Å². The van der Waals surface area contributed by atoms with Gasteiger partial charge in [-0.1, -0.05) is 18.2 Å². The van der Waals surface area contributed by atoms with E-state index in [1.54, 1.807) is 24.3 Å². The number of pyridine rings is 1. The minimum atomic E-state index is -0.361. The average molecular weight is 322 g/mol. The van der Waals surface area contributed by atoms with Crippen LogP contribution in [0.25, 0.3) is 0 Å². The van der Waals surface area contributed by atoms with Crippen molar-refractivity contribution >= 4 is 11.6 Å². The van der Waals surface area contributed by atoms with Gasteiger partial charge in [-0.3, -0.25) is 9.78 Å². The first kappa shape index (κ1) is 15.6. The molecule has 24 heavy (non-hydrogen) atoms. The van der Waals surface area contributed by atoms with Crippen molar-refractivity contribution in [3.05, 3.63) is 72.3 Å². The van der Waals surface area contributed by atoms with Gasteiger partial charge in [0.25, 0.3) is 5.91 Å². The lowest BCUT2D eigenvalue weighted by Crippen LogP contribution is -2.13. The summed E-state index contributed by atoms with van der Waals surface area (Å²) in [5, 5.41) is 11.6. The third-order valence-electron chi connectivity index (χ3n) is 3.09. The van der Waals surface area contributed by atoms with Gasteiger partial charge in [-0.25, -0.2) is 9.97 Å². The number of nitrogens with zero attached hydrogens (tertiary/aromatic N) is 3. The Hall–Kier alpha value is -3.32. The summed E-state index contributed by atoms with van der Waals surface area (Å²) in [7, 11) is 0. The Labute approximate surface area is 138 Å². The van der Waals surface area contributed by atoms with Crippen molar-refractivity contribution in [3.8, 4) is 11.8 Å². The first-order valence-electron chi connectivity index (χ1n) is 7.16. The summed E-state index contributed by atoms with van der Waals surface area (Å²) in [6.45, 7) is -0.148. The number of benzene rings is 1. The maximum atomic E-state index is 12.1. The number of ether oxygens (including phenoxy) is 1. The third-order valence-corrected chi connectivity index (χ3v) is 3.09. The van der Waals surface area contributed by atoms with Crippen LogP contribution in [0.4, 0.5) is 5.69 Å². The summed E-state index contributed by atoms with van der Waals surface area (Å²) in [6.07, 6.45) is 4.24. The Balaban J connectivity index is 1.64. The lowest BCUT2D eigenvalue weighted by atomic mass is 10.3. The summed E-state index contributed by atoms with van der Waals surface area (Å²) in [5.41, 5.74) is 1.34.